The molecule has 0 saturated heterocycles. The number of carbonyl (C=O) groups excluding carboxylic acids is 3. The molecule has 0 radical (unpaired) electrons. The highest BCUT2D eigenvalue weighted by molar-refractivity contribution is 6.00. The van der Waals surface area contributed by atoms with Gasteiger partial charge in [-0.1, -0.05) is 12.1 Å². The van der Waals surface area contributed by atoms with Crippen LogP contribution in [0.3, 0.4) is 0 Å². The Morgan fingerprint density at radius 1 is 1.24 bits per heavy atom. The number of isocyanates is 1. The number of rotatable bonds is 4. The van der Waals surface area contributed by atoms with Crippen LogP contribution < -0.4 is 0 Å². The number of ketones is 1. The third-order valence-electron chi connectivity index (χ3n) is 3.08. The van der Waals surface area contributed by atoms with E-state index >= 15 is 0 Å². The van der Waals surface area contributed by atoms with Crippen molar-refractivity contribution in [3.05, 3.63) is 34.4 Å². The molecule has 0 fully saturated rings. The van der Waals surface area contributed by atoms with Crippen LogP contribution in [0.2, 0.25) is 0 Å². The van der Waals surface area contributed by atoms with Gasteiger partial charge in [0.2, 0.25) is 11.9 Å². The molecule has 0 bridgehead atoms. The highest BCUT2D eigenvalue weighted by Gasteiger charge is 2.37. The van der Waals surface area contributed by atoms with E-state index in [4.69, 9.17) is 0 Å². The topological polar surface area (TPSA) is 63.6 Å². The summed E-state index contributed by atoms with van der Waals surface area (Å²) in [6, 6.07) is 3.09. The Kier molecular flexibility index (Phi) is 5.16. The molecule has 0 saturated carbocycles. The predicted octanol–water partition coefficient (Wildman–Crippen LogP) is 2.84. The van der Waals surface area contributed by atoms with Crippen molar-refractivity contribution in [2.75, 3.05) is 0 Å². The van der Waals surface area contributed by atoms with Crippen molar-refractivity contribution in [1.29, 1.82) is 0 Å². The zero-order valence-electron chi connectivity index (χ0n) is 11.4. The molecule has 0 spiro atoms. The maximum Gasteiger partial charge on any atom is 0.449 e. The molecule has 112 valence electrons. The summed E-state index contributed by atoms with van der Waals surface area (Å²) in [5.41, 5.74) is 1.54. The minimum Gasteiger partial charge on any atom is -0.290 e. The van der Waals surface area contributed by atoms with Crippen molar-refractivity contribution in [2.45, 2.75) is 32.9 Å². The quantitative estimate of drug-likeness (QED) is 0.634. The summed E-state index contributed by atoms with van der Waals surface area (Å²) in [4.78, 5) is 35.7. The first-order valence-electron chi connectivity index (χ1n) is 5.99. The van der Waals surface area contributed by atoms with Crippen LogP contribution in [0.4, 0.5) is 13.2 Å². The monoisotopic (exact) mass is 299 g/mol. The van der Waals surface area contributed by atoms with Crippen LogP contribution in [0.5, 0.6) is 0 Å². The predicted molar refractivity (Wildman–Crippen MR) is 67.8 cm³/mol. The van der Waals surface area contributed by atoms with Gasteiger partial charge in [-0.2, -0.15) is 13.2 Å². The third kappa shape index (κ3) is 4.10. The molecule has 0 unspecified atom stereocenters. The van der Waals surface area contributed by atoms with Crippen molar-refractivity contribution in [2.24, 2.45) is 4.99 Å². The molecule has 1 aromatic carbocycles. The molecule has 0 aromatic heterocycles. The Morgan fingerprint density at radius 2 is 1.86 bits per heavy atom. The lowest BCUT2D eigenvalue weighted by molar-refractivity contribution is -0.171. The first-order valence-corrected chi connectivity index (χ1v) is 5.99. The standard InChI is InChI=1S/C14H12F3NO3/c1-8-3-4-10(5-6-11(20)14(15,16)17)9(2)12(8)13(21)18-7-19/h3-4H,5-6H2,1-2H3. The van der Waals surface area contributed by atoms with Gasteiger partial charge in [-0.15, -0.1) is 4.99 Å². The SMILES string of the molecule is Cc1ccc(CCC(=O)C(F)(F)F)c(C)c1C(=O)N=C=O. The van der Waals surface area contributed by atoms with Crippen molar-refractivity contribution in [3.8, 4) is 0 Å². The number of carbonyl (C=O) groups is 2. The van der Waals surface area contributed by atoms with Crippen LogP contribution in [0.1, 0.15) is 33.5 Å². The lowest BCUT2D eigenvalue weighted by Gasteiger charge is -2.12. The Labute approximate surface area is 118 Å². The molecule has 0 atom stereocenters. The smallest absolute Gasteiger partial charge is 0.290 e. The number of benzene rings is 1. The lowest BCUT2D eigenvalue weighted by atomic mass is 9.94. The lowest BCUT2D eigenvalue weighted by Crippen LogP contribution is -2.23. The summed E-state index contributed by atoms with van der Waals surface area (Å²) in [5.74, 6) is -2.62. The van der Waals surface area contributed by atoms with E-state index < -0.39 is 24.3 Å². The minimum absolute atomic E-state index is 0.143. The molecule has 0 N–H and O–H groups in total. The maximum absolute atomic E-state index is 12.2. The van der Waals surface area contributed by atoms with Crippen molar-refractivity contribution < 1.29 is 27.6 Å². The summed E-state index contributed by atoms with van der Waals surface area (Å²) in [5, 5.41) is 0. The van der Waals surface area contributed by atoms with Gasteiger partial charge in [-0.25, -0.2) is 4.79 Å². The number of hydrogen-bond acceptors (Lipinski definition) is 3. The van der Waals surface area contributed by atoms with Crippen LogP contribution in [-0.4, -0.2) is 23.9 Å². The molecule has 0 heterocycles. The number of Topliss-reactive ketones (excluding diaryl/α,β-unsaturated/α-hetero) is 1. The van der Waals surface area contributed by atoms with Crippen LogP contribution >= 0.6 is 0 Å². The Balaban J connectivity index is 3.06. The number of hydrogen-bond donors (Lipinski definition) is 0. The van der Waals surface area contributed by atoms with E-state index in [0.29, 0.717) is 16.7 Å². The highest BCUT2D eigenvalue weighted by Crippen LogP contribution is 2.23. The molecule has 1 rings (SSSR count). The minimum atomic E-state index is -4.86. The average molecular weight is 299 g/mol. The maximum atomic E-state index is 12.2. The number of alkyl halides is 3. The Bertz CT molecular complexity index is 629. The van der Waals surface area contributed by atoms with Gasteiger partial charge in [0.05, 0.1) is 0 Å². The molecule has 1 amide bonds. The molecule has 7 heteroatoms. The number of halogens is 3. The number of aryl methyl sites for hydroxylation is 2. The van der Waals surface area contributed by atoms with E-state index in [9.17, 15) is 27.6 Å². The van der Waals surface area contributed by atoms with Crippen LogP contribution in [-0.2, 0) is 16.0 Å². The second kappa shape index (κ2) is 6.45. The zero-order chi connectivity index (χ0) is 16.2. The first-order chi connectivity index (χ1) is 9.68. The largest absolute Gasteiger partial charge is 0.449 e. The fraction of sp³-hybridized carbons (Fsp3) is 0.357. The van der Waals surface area contributed by atoms with Gasteiger partial charge in [0, 0.05) is 12.0 Å². The van der Waals surface area contributed by atoms with Crippen molar-refractivity contribution in [3.63, 3.8) is 0 Å². The molecule has 0 aliphatic heterocycles. The second-order valence-corrected chi connectivity index (χ2v) is 4.47. The first kappa shape index (κ1) is 16.8. The van der Waals surface area contributed by atoms with Gasteiger partial charge in [-0.3, -0.25) is 9.59 Å². The van der Waals surface area contributed by atoms with Gasteiger partial charge >= 0.3 is 6.18 Å². The van der Waals surface area contributed by atoms with Gasteiger partial charge in [0.1, 0.15) is 0 Å². The normalized spacial score (nSPS) is 10.9. The fourth-order valence-corrected chi connectivity index (χ4v) is 1.98. The van der Waals surface area contributed by atoms with Crippen LogP contribution in [0.25, 0.3) is 0 Å². The van der Waals surface area contributed by atoms with Crippen LogP contribution in [0.15, 0.2) is 17.1 Å². The second-order valence-electron chi connectivity index (χ2n) is 4.47. The van der Waals surface area contributed by atoms with Crippen molar-refractivity contribution >= 4 is 17.8 Å². The summed E-state index contributed by atoms with van der Waals surface area (Å²) in [6.07, 6.45) is -4.57. The van der Waals surface area contributed by atoms with Gasteiger partial charge in [0.15, 0.2) is 0 Å². The number of amides is 1. The average Bonchev–Trinajstić information content (AvgIpc) is 2.36. The molecular weight excluding hydrogens is 287 g/mol. The summed E-state index contributed by atoms with van der Waals surface area (Å²) in [7, 11) is 0. The van der Waals surface area contributed by atoms with E-state index in [0.717, 1.165) is 6.08 Å². The van der Waals surface area contributed by atoms with Crippen LogP contribution in [0, 0.1) is 13.8 Å². The Morgan fingerprint density at radius 3 is 2.38 bits per heavy atom. The van der Waals surface area contributed by atoms with Gasteiger partial charge in [0.25, 0.3) is 5.91 Å². The van der Waals surface area contributed by atoms with Crippen molar-refractivity contribution in [1.82, 2.24) is 0 Å². The van der Waals surface area contributed by atoms with E-state index in [1.807, 2.05) is 0 Å². The molecule has 0 aliphatic carbocycles. The summed E-state index contributed by atoms with van der Waals surface area (Å²) < 4.78 is 36.5. The fourth-order valence-electron chi connectivity index (χ4n) is 1.98. The van der Waals surface area contributed by atoms with E-state index in [2.05, 4.69) is 4.99 Å². The molecule has 21 heavy (non-hydrogen) atoms. The Hall–Kier alpha value is -2.27. The summed E-state index contributed by atoms with van der Waals surface area (Å²) >= 11 is 0. The molecule has 1 aromatic rings. The highest BCUT2D eigenvalue weighted by atomic mass is 19.4. The molecule has 4 nitrogen and oxygen atoms in total. The number of nitrogens with zero attached hydrogens (tertiary/aromatic N) is 1. The zero-order valence-corrected chi connectivity index (χ0v) is 11.4. The third-order valence-corrected chi connectivity index (χ3v) is 3.08. The van der Waals surface area contributed by atoms with E-state index in [1.165, 1.54) is 13.0 Å². The molecular formula is C14H12F3NO3. The van der Waals surface area contributed by atoms with E-state index in [-0.39, 0.29) is 12.0 Å². The van der Waals surface area contributed by atoms with E-state index in [1.54, 1.807) is 13.0 Å². The summed E-state index contributed by atoms with van der Waals surface area (Å²) in [6.45, 7) is 3.15. The molecule has 0 aliphatic rings. The number of aliphatic imine (C=N–C) groups is 1. The van der Waals surface area contributed by atoms with Gasteiger partial charge < -0.3 is 0 Å². The van der Waals surface area contributed by atoms with Gasteiger partial charge in [-0.05, 0) is 37.0 Å².